The summed E-state index contributed by atoms with van der Waals surface area (Å²) in [6.07, 6.45) is 0. The molecular formula is C39H22N4OS. The molecule has 45 heavy (non-hydrogen) atoms. The summed E-state index contributed by atoms with van der Waals surface area (Å²) in [5.41, 5.74) is 5.63. The maximum atomic E-state index is 6.51. The highest BCUT2D eigenvalue weighted by atomic mass is 32.1. The van der Waals surface area contributed by atoms with E-state index in [-0.39, 0.29) is 0 Å². The SMILES string of the molecule is c1ccc(-c2nc(-c3ccc4sc5ccccc5c4c3)nc(-n3c4ccccc4c4c5oc6ccccc6c5ccc43)n2)cc1. The highest BCUT2D eigenvalue weighted by molar-refractivity contribution is 7.25. The Morgan fingerprint density at radius 1 is 0.489 bits per heavy atom. The predicted octanol–water partition coefficient (Wildman–Crippen LogP) is 10.6. The molecule has 0 atom stereocenters. The molecule has 0 spiro atoms. The molecule has 0 saturated carbocycles. The van der Waals surface area contributed by atoms with Crippen LogP contribution in [-0.2, 0) is 0 Å². The molecular weight excluding hydrogens is 573 g/mol. The van der Waals surface area contributed by atoms with E-state index in [0.717, 1.165) is 54.9 Å². The molecule has 0 aliphatic carbocycles. The number of aromatic nitrogens is 4. The van der Waals surface area contributed by atoms with Crippen molar-refractivity contribution in [3.63, 3.8) is 0 Å². The first kappa shape index (κ1) is 24.6. The first-order valence-corrected chi connectivity index (χ1v) is 15.7. The van der Waals surface area contributed by atoms with Gasteiger partial charge in [-0.2, -0.15) is 9.97 Å². The Morgan fingerprint density at radius 2 is 1.20 bits per heavy atom. The van der Waals surface area contributed by atoms with Crippen molar-refractivity contribution in [1.29, 1.82) is 0 Å². The highest BCUT2D eigenvalue weighted by Crippen LogP contribution is 2.41. The van der Waals surface area contributed by atoms with Gasteiger partial charge in [0.15, 0.2) is 11.6 Å². The molecule has 4 heterocycles. The van der Waals surface area contributed by atoms with Crippen LogP contribution >= 0.6 is 11.3 Å². The van der Waals surface area contributed by atoms with E-state index in [1.165, 1.54) is 20.2 Å². The van der Waals surface area contributed by atoms with Gasteiger partial charge >= 0.3 is 0 Å². The number of hydrogen-bond acceptors (Lipinski definition) is 5. The van der Waals surface area contributed by atoms with Gasteiger partial charge in [0.25, 0.3) is 0 Å². The average Bonchev–Trinajstić information content (AvgIpc) is 3.77. The van der Waals surface area contributed by atoms with Gasteiger partial charge in [0.2, 0.25) is 5.95 Å². The number of para-hydroxylation sites is 2. The van der Waals surface area contributed by atoms with Gasteiger partial charge in [-0.15, -0.1) is 11.3 Å². The zero-order valence-electron chi connectivity index (χ0n) is 23.8. The number of thiophene rings is 1. The van der Waals surface area contributed by atoms with Crippen molar-refractivity contribution in [2.75, 3.05) is 0 Å². The number of fused-ring (bicyclic) bond motifs is 10. The zero-order valence-corrected chi connectivity index (χ0v) is 24.6. The Kier molecular flexibility index (Phi) is 5.09. The molecule has 4 aromatic heterocycles. The lowest BCUT2D eigenvalue weighted by Crippen LogP contribution is -2.06. The smallest absolute Gasteiger partial charge is 0.238 e. The molecule has 6 aromatic carbocycles. The van der Waals surface area contributed by atoms with Gasteiger partial charge in [-0.3, -0.25) is 4.57 Å². The summed E-state index contributed by atoms with van der Waals surface area (Å²) >= 11 is 1.81. The van der Waals surface area contributed by atoms with Gasteiger partial charge in [0.05, 0.1) is 16.4 Å². The van der Waals surface area contributed by atoms with Crippen LogP contribution in [0.1, 0.15) is 0 Å². The summed E-state index contributed by atoms with van der Waals surface area (Å²) in [6.45, 7) is 0. The lowest BCUT2D eigenvalue weighted by atomic mass is 10.1. The zero-order chi connectivity index (χ0) is 29.5. The maximum Gasteiger partial charge on any atom is 0.238 e. The van der Waals surface area contributed by atoms with E-state index in [2.05, 4.69) is 95.6 Å². The second-order valence-corrected chi connectivity index (χ2v) is 12.3. The second-order valence-electron chi connectivity index (χ2n) is 11.2. The number of benzene rings is 6. The fourth-order valence-electron chi connectivity index (χ4n) is 6.63. The quantitative estimate of drug-likeness (QED) is 0.204. The van der Waals surface area contributed by atoms with Crippen molar-refractivity contribution >= 4 is 75.3 Å². The van der Waals surface area contributed by atoms with Crippen LogP contribution in [0, 0.1) is 0 Å². The van der Waals surface area contributed by atoms with E-state index in [1.807, 2.05) is 42.5 Å². The van der Waals surface area contributed by atoms with Crippen LogP contribution in [0.4, 0.5) is 0 Å². The average molecular weight is 595 g/mol. The molecule has 0 unspecified atom stereocenters. The van der Waals surface area contributed by atoms with E-state index < -0.39 is 0 Å². The minimum Gasteiger partial charge on any atom is -0.455 e. The topological polar surface area (TPSA) is 56.7 Å². The van der Waals surface area contributed by atoms with Crippen LogP contribution < -0.4 is 0 Å². The molecule has 210 valence electrons. The third kappa shape index (κ3) is 3.63. The van der Waals surface area contributed by atoms with E-state index >= 15 is 0 Å². The maximum absolute atomic E-state index is 6.51. The van der Waals surface area contributed by atoms with Crippen molar-refractivity contribution in [1.82, 2.24) is 19.5 Å². The molecule has 0 aliphatic rings. The second kappa shape index (κ2) is 9.32. The van der Waals surface area contributed by atoms with Crippen LogP contribution in [0.15, 0.2) is 138 Å². The van der Waals surface area contributed by atoms with Crippen LogP contribution in [0.2, 0.25) is 0 Å². The van der Waals surface area contributed by atoms with Gasteiger partial charge in [0.1, 0.15) is 11.2 Å². The predicted molar refractivity (Wildman–Crippen MR) is 185 cm³/mol. The Labute approximate surface area is 260 Å². The standard InChI is InChI=1S/C39H22N4OS/c1-2-10-23(11-3-1)37-40-38(24-18-21-34-29(22-24)26-13-6-9-17-33(26)45-34)42-39(41-37)43-30-15-7-4-14-28(30)35-31(43)20-19-27-25-12-5-8-16-32(25)44-36(27)35/h1-22H. The summed E-state index contributed by atoms with van der Waals surface area (Å²) in [6, 6.07) is 46.1. The molecule has 0 aliphatic heterocycles. The number of rotatable bonds is 3. The fraction of sp³-hybridized carbons (Fsp3) is 0. The first-order valence-electron chi connectivity index (χ1n) is 14.9. The molecule has 10 aromatic rings. The minimum atomic E-state index is 0.566. The Balaban J connectivity index is 1.28. The van der Waals surface area contributed by atoms with Crippen LogP contribution in [-0.4, -0.2) is 19.5 Å². The molecule has 0 N–H and O–H groups in total. The number of nitrogens with zero attached hydrogens (tertiary/aromatic N) is 4. The summed E-state index contributed by atoms with van der Waals surface area (Å²) in [7, 11) is 0. The van der Waals surface area contributed by atoms with Crippen molar-refractivity contribution in [3.05, 3.63) is 133 Å². The summed E-state index contributed by atoms with van der Waals surface area (Å²) in [5.74, 6) is 1.82. The van der Waals surface area contributed by atoms with Crippen molar-refractivity contribution in [2.24, 2.45) is 0 Å². The Hall–Kier alpha value is -5.85. The first-order chi connectivity index (χ1) is 22.3. The third-order valence-electron chi connectivity index (χ3n) is 8.67. The van der Waals surface area contributed by atoms with Gasteiger partial charge < -0.3 is 4.42 Å². The van der Waals surface area contributed by atoms with Crippen molar-refractivity contribution in [3.8, 4) is 28.7 Å². The number of furan rings is 1. The van der Waals surface area contributed by atoms with E-state index in [1.54, 1.807) is 11.3 Å². The minimum absolute atomic E-state index is 0.566. The molecule has 0 saturated heterocycles. The van der Waals surface area contributed by atoms with E-state index in [9.17, 15) is 0 Å². The fourth-order valence-corrected chi connectivity index (χ4v) is 7.71. The highest BCUT2D eigenvalue weighted by Gasteiger charge is 2.21. The van der Waals surface area contributed by atoms with Gasteiger partial charge in [-0.25, -0.2) is 4.98 Å². The largest absolute Gasteiger partial charge is 0.455 e. The van der Waals surface area contributed by atoms with Crippen LogP contribution in [0.25, 0.3) is 92.6 Å². The Bertz CT molecular complexity index is 2770. The van der Waals surface area contributed by atoms with Gasteiger partial charge in [-0.1, -0.05) is 84.9 Å². The van der Waals surface area contributed by atoms with Gasteiger partial charge in [0, 0.05) is 47.5 Å². The summed E-state index contributed by atoms with van der Waals surface area (Å²) < 4.78 is 11.2. The monoisotopic (exact) mass is 594 g/mol. The third-order valence-corrected chi connectivity index (χ3v) is 9.82. The molecule has 0 fully saturated rings. The molecule has 0 amide bonds. The summed E-state index contributed by atoms with van der Waals surface area (Å²) in [4.78, 5) is 15.3. The molecule has 0 radical (unpaired) electrons. The molecule has 6 heteroatoms. The van der Waals surface area contributed by atoms with Gasteiger partial charge in [-0.05, 0) is 48.5 Å². The van der Waals surface area contributed by atoms with Crippen molar-refractivity contribution < 1.29 is 4.42 Å². The molecule has 0 bridgehead atoms. The van der Waals surface area contributed by atoms with Crippen LogP contribution in [0.5, 0.6) is 0 Å². The lowest BCUT2D eigenvalue weighted by molar-refractivity contribution is 0.673. The lowest BCUT2D eigenvalue weighted by Gasteiger charge is -2.11. The Morgan fingerprint density at radius 3 is 2.09 bits per heavy atom. The van der Waals surface area contributed by atoms with E-state index in [4.69, 9.17) is 19.4 Å². The molecule has 10 rings (SSSR count). The number of hydrogen-bond donors (Lipinski definition) is 0. The van der Waals surface area contributed by atoms with Crippen molar-refractivity contribution in [2.45, 2.75) is 0 Å². The molecule has 5 nitrogen and oxygen atoms in total. The van der Waals surface area contributed by atoms with Crippen LogP contribution in [0.3, 0.4) is 0 Å². The normalized spacial score (nSPS) is 12.0. The summed E-state index contributed by atoms with van der Waals surface area (Å²) in [5, 5.41) is 6.80. The van der Waals surface area contributed by atoms with E-state index in [0.29, 0.717) is 17.6 Å².